The second-order valence-electron chi connectivity index (χ2n) is 10.6. The zero-order valence-electron chi connectivity index (χ0n) is 24.0. The minimum absolute atomic E-state index is 0.0595. The van der Waals surface area contributed by atoms with Crippen LogP contribution in [0.4, 0.5) is 11.4 Å². The molecular weight excluding hydrogens is 617 g/mol. The highest BCUT2D eigenvalue weighted by Crippen LogP contribution is 2.49. The van der Waals surface area contributed by atoms with E-state index < -0.39 is 15.9 Å². The monoisotopic (exact) mass is 645 g/mol. The molecule has 0 saturated heterocycles. The van der Waals surface area contributed by atoms with Crippen LogP contribution in [0.25, 0.3) is 6.08 Å². The minimum Gasteiger partial charge on any atom is -0.378 e. The van der Waals surface area contributed by atoms with Crippen LogP contribution in [0.1, 0.15) is 36.3 Å². The number of carbonyl (C=O) groups excluding carboxylic acids is 1. The summed E-state index contributed by atoms with van der Waals surface area (Å²) in [5.74, 6) is -0.555. The predicted molar refractivity (Wildman–Crippen MR) is 176 cm³/mol. The number of aliphatic imine (C=N–C) groups is 1. The van der Waals surface area contributed by atoms with Crippen molar-refractivity contribution in [2.45, 2.75) is 30.1 Å². The number of halogens is 2. The lowest BCUT2D eigenvalue weighted by molar-refractivity contribution is -0.116. The number of allylic oxidation sites excluding steroid dienone is 4. The summed E-state index contributed by atoms with van der Waals surface area (Å²) in [5, 5.41) is 16.7. The Morgan fingerprint density at radius 2 is 1.75 bits per heavy atom. The van der Waals surface area contributed by atoms with E-state index in [0.29, 0.717) is 57.6 Å². The van der Waals surface area contributed by atoms with Gasteiger partial charge in [-0.25, -0.2) is 18.5 Å². The fourth-order valence-corrected chi connectivity index (χ4v) is 6.46. The molecular formula is C33H29Cl2N5O3S. The highest BCUT2D eigenvalue weighted by molar-refractivity contribution is 7.89. The molecule has 1 atom stereocenters. The van der Waals surface area contributed by atoms with E-state index in [1.807, 2.05) is 49.3 Å². The van der Waals surface area contributed by atoms with Gasteiger partial charge >= 0.3 is 0 Å². The second-order valence-corrected chi connectivity index (χ2v) is 13.0. The number of ketones is 1. The molecule has 0 saturated carbocycles. The zero-order valence-corrected chi connectivity index (χ0v) is 26.4. The van der Waals surface area contributed by atoms with Crippen molar-refractivity contribution in [1.82, 2.24) is 0 Å². The molecule has 2 N–H and O–H groups in total. The standard InChI is InChI=1S/C33H29Cl2N5O3S/c1-39(2)23-11-8-21(9-12-23)5-4-18-38-33-27(20-36)31(26-17-10-22(34)19-28(26)35)32-29(6-3-7-30(32)41)40(33)24-13-15-25(16-14-24)44(37,42)43/h4-5,8-19,31H,3,6-7H2,1-2H3,(H2,37,42,43)/b5-4+,38-18+. The quantitative estimate of drug-likeness (QED) is 0.281. The molecule has 1 aliphatic heterocycles. The highest BCUT2D eigenvalue weighted by Gasteiger charge is 2.41. The number of nitrogens with two attached hydrogens (primary N) is 1. The van der Waals surface area contributed by atoms with Crippen LogP contribution in [-0.4, -0.2) is 34.5 Å². The molecule has 11 heteroatoms. The molecule has 1 aliphatic carbocycles. The normalized spacial score (nSPS) is 17.4. The molecule has 0 aromatic heterocycles. The zero-order chi connectivity index (χ0) is 31.6. The Morgan fingerprint density at radius 1 is 1.05 bits per heavy atom. The van der Waals surface area contributed by atoms with Gasteiger partial charge in [-0.05, 0) is 78.6 Å². The summed E-state index contributed by atoms with van der Waals surface area (Å²) in [7, 11) is 0.0158. The maximum Gasteiger partial charge on any atom is 0.238 e. The molecule has 0 radical (unpaired) electrons. The van der Waals surface area contributed by atoms with Crippen LogP contribution in [-0.2, 0) is 14.8 Å². The Labute approximate surface area is 267 Å². The van der Waals surface area contributed by atoms with E-state index in [9.17, 15) is 18.5 Å². The lowest BCUT2D eigenvalue weighted by atomic mass is 9.75. The van der Waals surface area contributed by atoms with Gasteiger partial charge < -0.3 is 4.90 Å². The molecule has 1 unspecified atom stereocenters. The lowest BCUT2D eigenvalue weighted by Crippen LogP contribution is -2.35. The molecule has 224 valence electrons. The van der Waals surface area contributed by atoms with Gasteiger partial charge in [0.05, 0.1) is 22.5 Å². The van der Waals surface area contributed by atoms with Crippen LogP contribution in [0.2, 0.25) is 10.0 Å². The van der Waals surface area contributed by atoms with Crippen molar-refractivity contribution in [3.8, 4) is 6.07 Å². The van der Waals surface area contributed by atoms with Crippen molar-refractivity contribution in [3.05, 3.63) is 117 Å². The number of primary sulfonamides is 1. The predicted octanol–water partition coefficient (Wildman–Crippen LogP) is 6.84. The Kier molecular flexibility index (Phi) is 9.09. The van der Waals surface area contributed by atoms with Crippen molar-refractivity contribution in [2.24, 2.45) is 10.1 Å². The number of hydrogen-bond acceptors (Lipinski definition) is 7. The number of rotatable bonds is 7. The topological polar surface area (TPSA) is 120 Å². The fraction of sp³-hybridized carbons (Fsp3) is 0.182. The van der Waals surface area contributed by atoms with Crippen molar-refractivity contribution in [1.29, 1.82) is 5.26 Å². The van der Waals surface area contributed by atoms with Crippen LogP contribution in [0.15, 0.2) is 105 Å². The van der Waals surface area contributed by atoms with Gasteiger partial charge in [0.25, 0.3) is 0 Å². The summed E-state index contributed by atoms with van der Waals surface area (Å²) >= 11 is 12.9. The van der Waals surface area contributed by atoms with Gasteiger partial charge in [0.1, 0.15) is 0 Å². The maximum atomic E-state index is 13.6. The molecule has 0 spiro atoms. The van der Waals surface area contributed by atoms with Gasteiger partial charge in [0, 0.05) is 59.4 Å². The Morgan fingerprint density at radius 3 is 2.36 bits per heavy atom. The van der Waals surface area contributed by atoms with E-state index in [1.54, 1.807) is 47.5 Å². The maximum absolute atomic E-state index is 13.6. The first-order chi connectivity index (χ1) is 21.0. The summed E-state index contributed by atoms with van der Waals surface area (Å²) < 4.78 is 23.9. The molecule has 8 nitrogen and oxygen atoms in total. The van der Waals surface area contributed by atoms with Crippen molar-refractivity contribution < 1.29 is 13.2 Å². The van der Waals surface area contributed by atoms with Crippen molar-refractivity contribution >= 4 is 62.7 Å². The molecule has 2 aliphatic rings. The molecule has 3 aromatic rings. The van der Waals surface area contributed by atoms with Crippen LogP contribution < -0.4 is 14.9 Å². The summed E-state index contributed by atoms with van der Waals surface area (Å²) in [6, 6.07) is 21.3. The molecule has 3 aromatic carbocycles. The Balaban J connectivity index is 1.67. The highest BCUT2D eigenvalue weighted by atomic mass is 35.5. The molecule has 0 bridgehead atoms. The molecule has 0 fully saturated rings. The van der Waals surface area contributed by atoms with Crippen LogP contribution in [0.3, 0.4) is 0 Å². The van der Waals surface area contributed by atoms with E-state index in [2.05, 4.69) is 6.07 Å². The number of benzene rings is 3. The number of Topliss-reactive ketones (excluding diaryl/α,β-unsaturated/α-hetero) is 1. The van der Waals surface area contributed by atoms with Crippen molar-refractivity contribution in [3.63, 3.8) is 0 Å². The number of nitriles is 1. The number of carbonyl (C=O) groups is 1. The number of nitrogens with zero attached hydrogens (tertiary/aromatic N) is 4. The molecule has 44 heavy (non-hydrogen) atoms. The Hall–Kier alpha value is -4.20. The van der Waals surface area contributed by atoms with E-state index in [-0.39, 0.29) is 16.3 Å². The van der Waals surface area contributed by atoms with Gasteiger partial charge in [0.2, 0.25) is 10.0 Å². The van der Waals surface area contributed by atoms with Gasteiger partial charge in [-0.2, -0.15) is 5.26 Å². The van der Waals surface area contributed by atoms with Gasteiger partial charge in [-0.3, -0.25) is 9.69 Å². The summed E-state index contributed by atoms with van der Waals surface area (Å²) in [6.07, 6.45) is 6.72. The van der Waals surface area contributed by atoms with E-state index >= 15 is 0 Å². The summed E-state index contributed by atoms with van der Waals surface area (Å²) in [5.41, 5.74) is 4.50. The first-order valence-electron chi connectivity index (χ1n) is 13.8. The third-order valence-corrected chi connectivity index (χ3v) is 9.02. The first-order valence-corrected chi connectivity index (χ1v) is 16.1. The molecule has 5 rings (SSSR count). The first kappa shape index (κ1) is 31.2. The third-order valence-electron chi connectivity index (χ3n) is 7.53. The Bertz CT molecular complexity index is 1890. The van der Waals surface area contributed by atoms with Crippen LogP contribution in [0.5, 0.6) is 0 Å². The number of sulfonamides is 1. The third kappa shape index (κ3) is 6.35. The van der Waals surface area contributed by atoms with Crippen LogP contribution >= 0.6 is 23.2 Å². The number of hydrogen-bond donors (Lipinski definition) is 1. The second kappa shape index (κ2) is 12.8. The molecule has 1 heterocycles. The summed E-state index contributed by atoms with van der Waals surface area (Å²) in [6.45, 7) is 0. The van der Waals surface area contributed by atoms with Gasteiger partial charge in [0.15, 0.2) is 11.6 Å². The fourth-order valence-electron chi connectivity index (χ4n) is 5.43. The van der Waals surface area contributed by atoms with E-state index in [0.717, 1.165) is 11.3 Å². The smallest absolute Gasteiger partial charge is 0.238 e. The van der Waals surface area contributed by atoms with Gasteiger partial charge in [-0.1, -0.05) is 47.5 Å². The molecule has 0 amide bonds. The summed E-state index contributed by atoms with van der Waals surface area (Å²) in [4.78, 5) is 22.1. The van der Waals surface area contributed by atoms with Crippen molar-refractivity contribution in [2.75, 3.05) is 23.9 Å². The van der Waals surface area contributed by atoms with E-state index in [1.165, 1.54) is 12.1 Å². The minimum atomic E-state index is -3.93. The lowest BCUT2D eigenvalue weighted by Gasteiger charge is -2.39. The van der Waals surface area contributed by atoms with Crippen LogP contribution in [0, 0.1) is 11.3 Å². The average molecular weight is 647 g/mol. The van der Waals surface area contributed by atoms with E-state index in [4.69, 9.17) is 33.3 Å². The largest absolute Gasteiger partial charge is 0.378 e. The average Bonchev–Trinajstić information content (AvgIpc) is 2.99. The van der Waals surface area contributed by atoms with Gasteiger partial charge in [-0.15, -0.1) is 0 Å². The number of anilines is 2. The SMILES string of the molecule is CN(C)c1ccc(/C=C/C=N/C2=C(C#N)C(c3ccc(Cl)cc3Cl)C3=C(CCCC3=O)N2c2ccc(S(N)(=O)=O)cc2)cc1.